The first-order valence-electron chi connectivity index (χ1n) is 9.04. The van der Waals surface area contributed by atoms with Crippen molar-refractivity contribution in [3.05, 3.63) is 16.1 Å². The van der Waals surface area contributed by atoms with Crippen molar-refractivity contribution in [2.75, 3.05) is 20.2 Å². The summed E-state index contributed by atoms with van der Waals surface area (Å²) in [7, 11) is 1.72. The van der Waals surface area contributed by atoms with E-state index in [0.29, 0.717) is 42.0 Å². The number of nitrogens with zero attached hydrogens (tertiary/aromatic N) is 2. The molecule has 1 saturated heterocycles. The summed E-state index contributed by atoms with van der Waals surface area (Å²) in [5.74, 6) is 1.25. The maximum absolute atomic E-state index is 12.6. The second kappa shape index (κ2) is 8.02. The van der Waals surface area contributed by atoms with Crippen LogP contribution in [0.4, 0.5) is 13.2 Å². The molecule has 0 radical (unpaired) electrons. The van der Waals surface area contributed by atoms with E-state index in [4.69, 9.17) is 4.74 Å². The van der Waals surface area contributed by atoms with Gasteiger partial charge in [-0.05, 0) is 19.3 Å². The van der Waals surface area contributed by atoms with Crippen molar-refractivity contribution in [2.24, 2.45) is 16.3 Å². The van der Waals surface area contributed by atoms with Gasteiger partial charge < -0.3 is 15.4 Å². The largest absolute Gasteiger partial charge is 0.434 e. The van der Waals surface area contributed by atoms with Crippen LogP contribution in [0.3, 0.4) is 0 Å². The number of ether oxygens (including phenoxy) is 1. The number of thiazole rings is 1. The van der Waals surface area contributed by atoms with Crippen LogP contribution in [0.25, 0.3) is 0 Å². The second-order valence-electron chi connectivity index (χ2n) is 7.33. The molecular weight excluding hydrogens is 492 g/mol. The molecule has 2 heterocycles. The summed E-state index contributed by atoms with van der Waals surface area (Å²) in [5.41, 5.74) is -0.552. The molecule has 27 heavy (non-hydrogen) atoms. The summed E-state index contributed by atoms with van der Waals surface area (Å²) in [6.45, 7) is 1.33. The van der Waals surface area contributed by atoms with Gasteiger partial charge in [0, 0.05) is 49.4 Å². The molecule has 0 aromatic carbocycles. The van der Waals surface area contributed by atoms with Crippen molar-refractivity contribution < 1.29 is 17.9 Å². The lowest BCUT2D eigenvalue weighted by molar-refractivity contribution is -0.171. The number of hydrogen-bond acceptors (Lipinski definition) is 4. The van der Waals surface area contributed by atoms with Crippen LogP contribution in [0, 0.1) is 11.3 Å². The lowest BCUT2D eigenvalue weighted by Gasteiger charge is -2.63. The van der Waals surface area contributed by atoms with Crippen LogP contribution >= 0.6 is 35.3 Å². The second-order valence-corrected chi connectivity index (χ2v) is 8.27. The number of aromatic nitrogens is 1. The van der Waals surface area contributed by atoms with Crippen molar-refractivity contribution in [1.29, 1.82) is 0 Å². The number of fused-ring (bicyclic) bond motifs is 2. The fraction of sp³-hybridized carbons (Fsp3) is 0.765. The van der Waals surface area contributed by atoms with Crippen LogP contribution in [0.5, 0.6) is 0 Å². The molecule has 3 atom stereocenters. The van der Waals surface area contributed by atoms with E-state index in [-0.39, 0.29) is 29.4 Å². The molecule has 2 N–H and O–H groups in total. The fourth-order valence-corrected chi connectivity index (χ4v) is 5.45. The molecule has 3 fully saturated rings. The zero-order valence-electron chi connectivity index (χ0n) is 15.0. The summed E-state index contributed by atoms with van der Waals surface area (Å²) in [6.07, 6.45) is 1.18. The molecule has 152 valence electrons. The monoisotopic (exact) mass is 516 g/mol. The van der Waals surface area contributed by atoms with E-state index < -0.39 is 11.9 Å². The first kappa shape index (κ1) is 21.1. The Balaban J connectivity index is 0.00000210. The number of hydrogen-bond donors (Lipinski definition) is 2. The molecule has 2 aliphatic carbocycles. The standard InChI is InChI=1S/C17H23F3N4OS.HI/c1-21-15(22-7-3-12-23-11(9-26-12)17(18,19)20)24-13-10-4-8-25-14(10)16(13)5-2-6-16;/h9-10,13-14H,2-8H2,1H3,(H2,21,22,24);1H. The number of aliphatic imine (C=N–C) groups is 1. The molecule has 0 bridgehead atoms. The minimum absolute atomic E-state index is 0. The van der Waals surface area contributed by atoms with Gasteiger partial charge in [-0.2, -0.15) is 13.2 Å². The minimum atomic E-state index is -4.37. The Labute approximate surface area is 177 Å². The SMILES string of the molecule is CN=C(NCCc1nc(C(F)(F)F)cs1)NC1C2CCOC2C12CCC2.I. The van der Waals surface area contributed by atoms with Crippen LogP contribution in [-0.2, 0) is 17.3 Å². The summed E-state index contributed by atoms with van der Waals surface area (Å²) in [6, 6.07) is 0.381. The number of alkyl halides is 3. The molecule has 3 unspecified atom stereocenters. The van der Waals surface area contributed by atoms with Gasteiger partial charge in [-0.25, -0.2) is 4.98 Å². The van der Waals surface area contributed by atoms with Crippen molar-refractivity contribution >= 4 is 41.3 Å². The van der Waals surface area contributed by atoms with Gasteiger partial charge >= 0.3 is 6.18 Å². The van der Waals surface area contributed by atoms with E-state index in [0.717, 1.165) is 29.7 Å². The minimum Gasteiger partial charge on any atom is -0.377 e. The van der Waals surface area contributed by atoms with E-state index in [1.165, 1.54) is 19.3 Å². The maximum atomic E-state index is 12.6. The molecule has 0 amide bonds. The Hall–Kier alpha value is -0.620. The molecule has 1 aromatic rings. The van der Waals surface area contributed by atoms with Crippen LogP contribution in [0.1, 0.15) is 36.4 Å². The third-order valence-electron chi connectivity index (χ3n) is 6.03. The van der Waals surface area contributed by atoms with Crippen molar-refractivity contribution in [1.82, 2.24) is 15.6 Å². The normalized spacial score (nSPS) is 28.7. The third-order valence-corrected chi connectivity index (χ3v) is 6.93. The highest BCUT2D eigenvalue weighted by molar-refractivity contribution is 14.0. The molecule has 1 aromatic heterocycles. The molecule has 10 heteroatoms. The highest BCUT2D eigenvalue weighted by Crippen LogP contribution is 2.62. The fourth-order valence-electron chi connectivity index (χ4n) is 4.64. The highest BCUT2D eigenvalue weighted by Gasteiger charge is 2.66. The average molecular weight is 516 g/mol. The zero-order chi connectivity index (χ0) is 18.4. The maximum Gasteiger partial charge on any atom is 0.434 e. The van der Waals surface area contributed by atoms with Crippen molar-refractivity contribution in [3.8, 4) is 0 Å². The van der Waals surface area contributed by atoms with E-state index in [2.05, 4.69) is 20.6 Å². The molecule has 3 aliphatic rings. The molecule has 2 saturated carbocycles. The van der Waals surface area contributed by atoms with Gasteiger partial charge in [0.1, 0.15) is 0 Å². The Morgan fingerprint density at radius 1 is 1.44 bits per heavy atom. The average Bonchev–Trinajstić information content (AvgIpc) is 3.17. The molecule has 4 rings (SSSR count). The van der Waals surface area contributed by atoms with E-state index in [1.54, 1.807) is 7.05 Å². The van der Waals surface area contributed by atoms with E-state index in [9.17, 15) is 13.2 Å². The Bertz CT molecular complexity index is 692. The van der Waals surface area contributed by atoms with Crippen LogP contribution < -0.4 is 10.6 Å². The summed E-state index contributed by atoms with van der Waals surface area (Å²) in [4.78, 5) is 7.94. The van der Waals surface area contributed by atoms with Crippen LogP contribution in [0.15, 0.2) is 10.4 Å². The topological polar surface area (TPSA) is 58.5 Å². The van der Waals surface area contributed by atoms with Gasteiger partial charge in [0.25, 0.3) is 0 Å². The molecule has 1 aliphatic heterocycles. The number of halogens is 4. The van der Waals surface area contributed by atoms with E-state index >= 15 is 0 Å². The Morgan fingerprint density at radius 2 is 2.22 bits per heavy atom. The lowest BCUT2D eigenvalue weighted by atomic mass is 9.46. The molecular formula is C17H24F3IN4OS. The van der Waals surface area contributed by atoms with Crippen LogP contribution in [0.2, 0.25) is 0 Å². The van der Waals surface area contributed by atoms with E-state index in [1.807, 2.05) is 0 Å². The molecule has 1 spiro atoms. The van der Waals surface area contributed by atoms with Gasteiger partial charge in [0.05, 0.1) is 11.1 Å². The number of rotatable bonds is 4. The first-order chi connectivity index (χ1) is 12.4. The van der Waals surface area contributed by atoms with Gasteiger partial charge in [-0.3, -0.25) is 4.99 Å². The van der Waals surface area contributed by atoms with Crippen molar-refractivity contribution in [3.63, 3.8) is 0 Å². The number of nitrogens with one attached hydrogen (secondary N) is 2. The Kier molecular flexibility index (Phi) is 6.26. The van der Waals surface area contributed by atoms with Crippen molar-refractivity contribution in [2.45, 2.75) is 50.4 Å². The predicted octanol–water partition coefficient (Wildman–Crippen LogP) is 3.45. The van der Waals surface area contributed by atoms with Gasteiger partial charge in [-0.1, -0.05) is 6.42 Å². The third kappa shape index (κ3) is 3.81. The lowest BCUT2D eigenvalue weighted by Crippen LogP contribution is -2.72. The van der Waals surface area contributed by atoms with Gasteiger partial charge in [0.15, 0.2) is 11.7 Å². The predicted molar refractivity (Wildman–Crippen MR) is 109 cm³/mol. The number of guanidine groups is 1. The summed E-state index contributed by atoms with van der Waals surface area (Å²) < 4.78 is 43.7. The van der Waals surface area contributed by atoms with Gasteiger partial charge in [0.2, 0.25) is 0 Å². The summed E-state index contributed by atoms with van der Waals surface area (Å²) in [5, 5.41) is 8.30. The zero-order valence-corrected chi connectivity index (χ0v) is 18.2. The quantitative estimate of drug-likeness (QED) is 0.366. The molecule has 5 nitrogen and oxygen atoms in total. The van der Waals surface area contributed by atoms with Crippen LogP contribution in [-0.4, -0.2) is 43.3 Å². The van der Waals surface area contributed by atoms with Gasteiger partial charge in [-0.15, -0.1) is 35.3 Å². The Morgan fingerprint density at radius 3 is 2.81 bits per heavy atom. The first-order valence-corrected chi connectivity index (χ1v) is 9.92. The smallest absolute Gasteiger partial charge is 0.377 e. The highest BCUT2D eigenvalue weighted by atomic mass is 127. The summed E-state index contributed by atoms with van der Waals surface area (Å²) >= 11 is 1.04.